The standard InChI is InChI=1S/C25H28N6O3S/c1-13-10-31(11-14(2)34-13)25(32)15-4-5-17-21(7-15)35-24-22(17)23(26-12-27-24)29-19-6-16-9-28-30-18(16)8-20(19)33-3/h6,8-9,12-15H,4-5,7,10-11H2,1-3H3,(H,28,30)(H,26,27,29)/t13-,14+,15-/m0/s1. The van der Waals surface area contributed by atoms with E-state index in [-0.39, 0.29) is 24.0 Å². The Morgan fingerprint density at radius 3 is 2.89 bits per heavy atom. The van der Waals surface area contributed by atoms with E-state index in [1.807, 2.05) is 30.9 Å². The lowest BCUT2D eigenvalue weighted by Crippen LogP contribution is -2.50. The summed E-state index contributed by atoms with van der Waals surface area (Å²) >= 11 is 1.67. The van der Waals surface area contributed by atoms with Crippen molar-refractivity contribution in [3.8, 4) is 5.75 Å². The van der Waals surface area contributed by atoms with Crippen molar-refractivity contribution in [2.45, 2.75) is 45.3 Å². The molecule has 1 aliphatic carbocycles. The van der Waals surface area contributed by atoms with Gasteiger partial charge in [-0.2, -0.15) is 5.10 Å². The van der Waals surface area contributed by atoms with Gasteiger partial charge in [-0.05, 0) is 44.7 Å². The fraction of sp³-hybridized carbons (Fsp3) is 0.440. The lowest BCUT2D eigenvalue weighted by Gasteiger charge is -2.37. The second-order valence-corrected chi connectivity index (χ2v) is 10.6. The fourth-order valence-corrected chi connectivity index (χ4v) is 6.66. The molecule has 0 radical (unpaired) electrons. The van der Waals surface area contributed by atoms with Gasteiger partial charge in [-0.1, -0.05) is 0 Å². The van der Waals surface area contributed by atoms with E-state index in [4.69, 9.17) is 9.47 Å². The van der Waals surface area contributed by atoms with Crippen molar-refractivity contribution >= 4 is 49.9 Å². The smallest absolute Gasteiger partial charge is 0.226 e. The molecule has 0 bridgehead atoms. The van der Waals surface area contributed by atoms with E-state index in [9.17, 15) is 4.79 Å². The quantitative estimate of drug-likeness (QED) is 0.443. The number of aryl methyl sites for hydroxylation is 1. The van der Waals surface area contributed by atoms with Crippen LogP contribution in [0, 0.1) is 5.92 Å². The van der Waals surface area contributed by atoms with Crippen LogP contribution < -0.4 is 10.1 Å². The monoisotopic (exact) mass is 492 g/mol. The highest BCUT2D eigenvalue weighted by molar-refractivity contribution is 7.19. The van der Waals surface area contributed by atoms with Crippen LogP contribution in [-0.2, 0) is 22.4 Å². The number of rotatable bonds is 4. The number of morpholine rings is 1. The molecule has 35 heavy (non-hydrogen) atoms. The molecule has 4 aromatic rings. The molecule has 1 amide bonds. The van der Waals surface area contributed by atoms with Crippen LogP contribution in [0.5, 0.6) is 5.75 Å². The third-order valence-corrected chi connectivity index (χ3v) is 8.10. The Labute approximate surface area is 206 Å². The summed E-state index contributed by atoms with van der Waals surface area (Å²) in [5, 5.41) is 12.6. The molecule has 0 spiro atoms. The average Bonchev–Trinajstić information content (AvgIpc) is 3.46. The number of amides is 1. The van der Waals surface area contributed by atoms with Crippen LogP contribution in [0.25, 0.3) is 21.1 Å². The number of nitrogens with one attached hydrogen (secondary N) is 2. The van der Waals surface area contributed by atoms with Crippen molar-refractivity contribution in [2.24, 2.45) is 5.92 Å². The molecule has 10 heteroatoms. The first-order valence-electron chi connectivity index (χ1n) is 12.0. The van der Waals surface area contributed by atoms with Gasteiger partial charge in [-0.25, -0.2) is 9.97 Å². The molecule has 0 saturated carbocycles. The molecular formula is C25H28N6O3S. The van der Waals surface area contributed by atoms with E-state index < -0.39 is 0 Å². The number of H-pyrrole nitrogens is 1. The minimum atomic E-state index is 0.000947. The number of hydrogen-bond donors (Lipinski definition) is 2. The predicted molar refractivity (Wildman–Crippen MR) is 135 cm³/mol. The van der Waals surface area contributed by atoms with Crippen molar-refractivity contribution in [2.75, 3.05) is 25.5 Å². The van der Waals surface area contributed by atoms with Crippen LogP contribution in [0.1, 0.15) is 30.7 Å². The largest absolute Gasteiger partial charge is 0.494 e. The molecule has 6 rings (SSSR count). The van der Waals surface area contributed by atoms with Gasteiger partial charge in [0.2, 0.25) is 5.91 Å². The molecule has 3 atom stereocenters. The maximum Gasteiger partial charge on any atom is 0.226 e. The molecule has 1 aromatic carbocycles. The molecule has 0 unspecified atom stereocenters. The van der Waals surface area contributed by atoms with Gasteiger partial charge in [0.1, 0.15) is 22.7 Å². The van der Waals surface area contributed by atoms with Gasteiger partial charge in [-0.15, -0.1) is 11.3 Å². The average molecular weight is 493 g/mol. The van der Waals surface area contributed by atoms with Crippen LogP contribution >= 0.6 is 11.3 Å². The zero-order valence-corrected chi connectivity index (χ0v) is 20.8. The minimum absolute atomic E-state index is 0.000947. The first-order valence-corrected chi connectivity index (χ1v) is 12.8. The Hall–Kier alpha value is -3.24. The van der Waals surface area contributed by atoms with Crippen LogP contribution in [0.2, 0.25) is 0 Å². The van der Waals surface area contributed by atoms with Crippen molar-refractivity contribution in [1.82, 2.24) is 25.1 Å². The molecule has 9 nitrogen and oxygen atoms in total. The Kier molecular flexibility index (Phi) is 5.57. The normalized spacial score (nSPS) is 22.4. The first kappa shape index (κ1) is 22.2. The third kappa shape index (κ3) is 4.00. The number of hydrogen-bond acceptors (Lipinski definition) is 8. The number of aromatic amines is 1. The van der Waals surface area contributed by atoms with Crippen LogP contribution in [0.15, 0.2) is 24.7 Å². The fourth-order valence-electron chi connectivity index (χ4n) is 5.40. The summed E-state index contributed by atoms with van der Waals surface area (Å²) in [7, 11) is 1.65. The molecule has 182 valence electrons. The van der Waals surface area contributed by atoms with Crippen molar-refractivity contribution < 1.29 is 14.3 Å². The van der Waals surface area contributed by atoms with Gasteiger partial charge < -0.3 is 19.7 Å². The number of ether oxygens (including phenoxy) is 2. The van der Waals surface area contributed by atoms with Crippen LogP contribution in [-0.4, -0.2) is 63.4 Å². The van der Waals surface area contributed by atoms with Gasteiger partial charge >= 0.3 is 0 Å². The van der Waals surface area contributed by atoms with E-state index >= 15 is 0 Å². The molecule has 1 saturated heterocycles. The van der Waals surface area contributed by atoms with Gasteiger partial charge in [0.05, 0.1) is 42.1 Å². The zero-order chi connectivity index (χ0) is 24.1. The number of benzene rings is 1. The molecule has 2 N–H and O–H groups in total. The second kappa shape index (κ2) is 8.76. The highest BCUT2D eigenvalue weighted by atomic mass is 32.1. The van der Waals surface area contributed by atoms with Crippen LogP contribution in [0.3, 0.4) is 0 Å². The highest BCUT2D eigenvalue weighted by Gasteiger charge is 2.34. The number of methoxy groups -OCH3 is 1. The lowest BCUT2D eigenvalue weighted by atomic mass is 9.86. The Morgan fingerprint density at radius 1 is 1.26 bits per heavy atom. The van der Waals surface area contributed by atoms with E-state index in [0.717, 1.165) is 51.9 Å². The maximum absolute atomic E-state index is 13.3. The Bertz CT molecular complexity index is 1410. The van der Waals surface area contributed by atoms with E-state index in [0.29, 0.717) is 18.8 Å². The van der Waals surface area contributed by atoms with Gasteiger partial charge in [-0.3, -0.25) is 9.89 Å². The molecule has 3 aromatic heterocycles. The second-order valence-electron chi connectivity index (χ2n) is 9.48. The van der Waals surface area contributed by atoms with E-state index in [1.165, 1.54) is 10.4 Å². The summed E-state index contributed by atoms with van der Waals surface area (Å²) in [6, 6.07) is 3.93. The lowest BCUT2D eigenvalue weighted by molar-refractivity contribution is -0.147. The van der Waals surface area contributed by atoms with Gasteiger partial charge in [0.25, 0.3) is 0 Å². The number of anilines is 2. The summed E-state index contributed by atoms with van der Waals surface area (Å²) < 4.78 is 11.4. The summed E-state index contributed by atoms with van der Waals surface area (Å²) in [6.45, 7) is 5.41. The predicted octanol–water partition coefficient (Wildman–Crippen LogP) is 4.06. The Balaban J connectivity index is 1.30. The number of thiophene rings is 1. The SMILES string of the molecule is COc1cc2[nH]ncc2cc1Nc1ncnc2sc3c(c12)CC[C@H](C(=O)N1C[C@@H](C)O[C@@H](C)C1)C3. The number of nitrogens with zero attached hydrogens (tertiary/aromatic N) is 4. The molecular weight excluding hydrogens is 464 g/mol. The van der Waals surface area contributed by atoms with E-state index in [2.05, 4.69) is 25.5 Å². The molecule has 1 fully saturated rings. The summed E-state index contributed by atoms with van der Waals surface area (Å²) in [5.41, 5.74) is 2.98. The molecule has 4 heterocycles. The van der Waals surface area contributed by atoms with Crippen molar-refractivity contribution in [1.29, 1.82) is 0 Å². The minimum Gasteiger partial charge on any atom is -0.494 e. The van der Waals surface area contributed by atoms with Gasteiger partial charge in [0.15, 0.2) is 0 Å². The number of carbonyl (C=O) groups excluding carboxylic acids is 1. The molecule has 1 aliphatic heterocycles. The summed E-state index contributed by atoms with van der Waals surface area (Å²) in [5.74, 6) is 1.71. The third-order valence-electron chi connectivity index (χ3n) is 6.94. The zero-order valence-electron chi connectivity index (χ0n) is 20.0. The maximum atomic E-state index is 13.3. The van der Waals surface area contributed by atoms with Crippen molar-refractivity contribution in [3.05, 3.63) is 35.1 Å². The highest BCUT2D eigenvalue weighted by Crippen LogP contribution is 2.42. The number of aromatic nitrogens is 4. The Morgan fingerprint density at radius 2 is 2.09 bits per heavy atom. The van der Waals surface area contributed by atoms with Crippen molar-refractivity contribution in [3.63, 3.8) is 0 Å². The summed E-state index contributed by atoms with van der Waals surface area (Å²) in [6.07, 6.45) is 5.95. The topological polar surface area (TPSA) is 105 Å². The molecule has 2 aliphatic rings. The first-order chi connectivity index (χ1) is 17.0. The van der Waals surface area contributed by atoms with Crippen LogP contribution in [0.4, 0.5) is 11.5 Å². The number of carbonyl (C=O) groups is 1. The number of fused-ring (bicyclic) bond motifs is 4. The summed E-state index contributed by atoms with van der Waals surface area (Å²) in [4.78, 5) is 26.7. The van der Waals surface area contributed by atoms with E-state index in [1.54, 1.807) is 31.0 Å². The van der Waals surface area contributed by atoms with Gasteiger partial charge in [0, 0.05) is 35.3 Å².